The lowest BCUT2D eigenvalue weighted by Crippen LogP contribution is -2.03. The minimum Gasteiger partial charge on any atom is -0.481 e. The van der Waals surface area contributed by atoms with Crippen molar-refractivity contribution in [2.75, 3.05) is 12.8 Å². The van der Waals surface area contributed by atoms with Gasteiger partial charge in [-0.05, 0) is 0 Å². The van der Waals surface area contributed by atoms with Gasteiger partial charge in [0.2, 0.25) is 5.88 Å². The Morgan fingerprint density at radius 1 is 1.64 bits per heavy atom. The Morgan fingerprint density at radius 2 is 2.29 bits per heavy atom. The van der Waals surface area contributed by atoms with Crippen molar-refractivity contribution in [2.45, 2.75) is 11.8 Å². The lowest BCUT2D eigenvalue weighted by Gasteiger charge is -2.10. The van der Waals surface area contributed by atoms with Crippen molar-refractivity contribution < 1.29 is 13.5 Å². The fourth-order valence-corrected chi connectivity index (χ4v) is 1.49. The van der Waals surface area contributed by atoms with E-state index >= 15 is 0 Å². The van der Waals surface area contributed by atoms with Crippen molar-refractivity contribution in [3.63, 3.8) is 0 Å². The summed E-state index contributed by atoms with van der Waals surface area (Å²) < 4.78 is 29.9. The Balaban J connectivity index is 3.27. The van der Waals surface area contributed by atoms with E-state index in [1.807, 2.05) is 0 Å². The molecule has 0 saturated heterocycles. The van der Waals surface area contributed by atoms with Crippen molar-refractivity contribution in [1.29, 1.82) is 0 Å². The van der Waals surface area contributed by atoms with E-state index in [9.17, 15) is 8.78 Å². The van der Waals surface area contributed by atoms with E-state index in [1.165, 1.54) is 13.2 Å². The van der Waals surface area contributed by atoms with Crippen LogP contribution < -0.4 is 10.5 Å². The molecule has 0 aromatic carbocycles. The van der Waals surface area contributed by atoms with Crippen LogP contribution in [-0.4, -0.2) is 12.1 Å². The first-order valence-corrected chi connectivity index (χ1v) is 4.89. The minimum absolute atomic E-state index is 0.00120. The average molecular weight is 267 g/mol. The topological polar surface area (TPSA) is 48.1 Å². The van der Waals surface area contributed by atoms with E-state index in [0.29, 0.717) is 0 Å². The highest BCUT2D eigenvalue weighted by Crippen LogP contribution is 2.31. The van der Waals surface area contributed by atoms with Gasteiger partial charge in [0.05, 0.1) is 18.4 Å². The van der Waals surface area contributed by atoms with Crippen molar-refractivity contribution >= 4 is 21.6 Å². The van der Waals surface area contributed by atoms with Gasteiger partial charge in [0.1, 0.15) is 0 Å². The van der Waals surface area contributed by atoms with Gasteiger partial charge in [-0.2, -0.15) is 0 Å². The van der Waals surface area contributed by atoms with E-state index in [2.05, 4.69) is 20.9 Å². The van der Waals surface area contributed by atoms with Gasteiger partial charge in [0, 0.05) is 17.1 Å². The second kappa shape index (κ2) is 4.54. The summed E-state index contributed by atoms with van der Waals surface area (Å²) in [5.41, 5.74) is 5.43. The maximum atomic E-state index is 12.5. The number of halogens is 3. The molecule has 0 saturated carbocycles. The number of nitrogens with two attached hydrogens (primary N) is 1. The molecule has 1 aromatic rings. The number of pyridine rings is 1. The number of hydrogen-bond acceptors (Lipinski definition) is 3. The third-order valence-electron chi connectivity index (χ3n) is 1.70. The second-order valence-corrected chi connectivity index (χ2v) is 3.11. The van der Waals surface area contributed by atoms with Crippen LogP contribution in [0.5, 0.6) is 5.88 Å². The molecule has 2 N–H and O–H groups in total. The lowest BCUT2D eigenvalue weighted by atomic mass is 10.2. The zero-order valence-corrected chi connectivity index (χ0v) is 9.01. The molecule has 1 rings (SSSR count). The number of rotatable bonds is 3. The molecule has 0 aliphatic carbocycles. The normalized spacial score (nSPS) is 10.6. The highest BCUT2D eigenvalue weighted by molar-refractivity contribution is 9.08. The van der Waals surface area contributed by atoms with Crippen molar-refractivity contribution in [2.24, 2.45) is 0 Å². The molecule has 0 atom stereocenters. The first-order valence-electron chi connectivity index (χ1n) is 3.77. The van der Waals surface area contributed by atoms with Crippen LogP contribution in [0.2, 0.25) is 0 Å². The van der Waals surface area contributed by atoms with Gasteiger partial charge < -0.3 is 10.5 Å². The fraction of sp³-hybridized carbons (Fsp3) is 0.375. The molecule has 0 unspecified atom stereocenters. The van der Waals surface area contributed by atoms with E-state index < -0.39 is 6.43 Å². The van der Waals surface area contributed by atoms with Crippen molar-refractivity contribution in [3.8, 4) is 5.88 Å². The average Bonchev–Trinajstić information content (AvgIpc) is 2.15. The maximum absolute atomic E-state index is 12.5. The summed E-state index contributed by atoms with van der Waals surface area (Å²) in [4.78, 5) is 3.86. The summed E-state index contributed by atoms with van der Waals surface area (Å²) >= 11 is 3.07. The highest BCUT2D eigenvalue weighted by atomic mass is 79.9. The summed E-state index contributed by atoms with van der Waals surface area (Å²) in [6.07, 6.45) is -2.62. The molecule has 0 aliphatic heterocycles. The van der Waals surface area contributed by atoms with Crippen LogP contribution in [0.25, 0.3) is 0 Å². The number of hydrogen-bond donors (Lipinski definition) is 1. The predicted molar refractivity (Wildman–Crippen MR) is 52.8 cm³/mol. The molecule has 3 nitrogen and oxygen atoms in total. The molecule has 0 fully saturated rings. The van der Waals surface area contributed by atoms with Crippen LogP contribution >= 0.6 is 15.9 Å². The van der Waals surface area contributed by atoms with E-state index in [-0.39, 0.29) is 28.2 Å². The highest BCUT2D eigenvalue weighted by Gasteiger charge is 2.18. The monoisotopic (exact) mass is 266 g/mol. The Morgan fingerprint density at radius 3 is 2.71 bits per heavy atom. The Bertz CT molecular complexity index is 333. The zero-order valence-electron chi connectivity index (χ0n) is 7.43. The number of nitrogens with zero attached hydrogens (tertiary/aromatic N) is 1. The van der Waals surface area contributed by atoms with Crippen molar-refractivity contribution in [3.05, 3.63) is 17.3 Å². The number of ether oxygens (including phenoxy) is 1. The molecule has 1 aromatic heterocycles. The number of aromatic nitrogens is 1. The number of nitrogen functional groups attached to an aromatic ring is 1. The first-order chi connectivity index (χ1) is 6.60. The van der Waals surface area contributed by atoms with Gasteiger partial charge in [-0.3, -0.25) is 0 Å². The number of anilines is 1. The Labute approximate surface area is 88.4 Å². The fourth-order valence-electron chi connectivity index (χ4n) is 1.06. The van der Waals surface area contributed by atoms with Crippen LogP contribution in [0.4, 0.5) is 14.5 Å². The van der Waals surface area contributed by atoms with Crippen LogP contribution in [0.15, 0.2) is 6.07 Å². The van der Waals surface area contributed by atoms with Gasteiger partial charge in [-0.1, -0.05) is 15.9 Å². The predicted octanol–water partition coefficient (Wildman–Crippen LogP) is 2.50. The van der Waals surface area contributed by atoms with Crippen LogP contribution in [0, 0.1) is 0 Å². The molecule has 0 spiro atoms. The summed E-state index contributed by atoms with van der Waals surface area (Å²) in [5.74, 6) is 0.237. The molecule has 0 radical (unpaired) electrons. The summed E-state index contributed by atoms with van der Waals surface area (Å²) in [6, 6.07) is 1.29. The molecule has 6 heteroatoms. The third kappa shape index (κ3) is 2.12. The summed E-state index contributed by atoms with van der Waals surface area (Å²) in [7, 11) is 1.40. The third-order valence-corrected chi connectivity index (χ3v) is 2.23. The molecule has 1 heterocycles. The van der Waals surface area contributed by atoms with Crippen molar-refractivity contribution in [1.82, 2.24) is 4.98 Å². The smallest absolute Gasteiger partial charge is 0.267 e. The van der Waals surface area contributed by atoms with E-state index in [4.69, 9.17) is 10.5 Å². The molecule has 0 bridgehead atoms. The molecule has 78 valence electrons. The van der Waals surface area contributed by atoms with Gasteiger partial charge in [0.25, 0.3) is 6.43 Å². The second-order valence-electron chi connectivity index (χ2n) is 2.55. The standard InChI is InChI=1S/C8H9BrF2N2O/c1-14-6-2-4(12)7(8(10)11)5(3-9)13-6/h2,8H,3H2,1H3,(H2,12,13). The Kier molecular flexibility index (Phi) is 3.62. The minimum atomic E-state index is -2.62. The van der Waals surface area contributed by atoms with Crippen LogP contribution in [0.1, 0.15) is 17.7 Å². The van der Waals surface area contributed by atoms with Gasteiger partial charge in [0.15, 0.2) is 0 Å². The van der Waals surface area contributed by atoms with Gasteiger partial charge >= 0.3 is 0 Å². The quantitative estimate of drug-likeness (QED) is 0.856. The van der Waals surface area contributed by atoms with Crippen LogP contribution in [-0.2, 0) is 5.33 Å². The molecular weight excluding hydrogens is 258 g/mol. The largest absolute Gasteiger partial charge is 0.481 e. The first kappa shape index (κ1) is 11.2. The van der Waals surface area contributed by atoms with E-state index in [0.717, 1.165) is 0 Å². The molecule has 14 heavy (non-hydrogen) atoms. The molecular formula is C8H9BrF2N2O. The zero-order chi connectivity index (χ0) is 10.7. The maximum Gasteiger partial charge on any atom is 0.267 e. The van der Waals surface area contributed by atoms with Crippen LogP contribution in [0.3, 0.4) is 0 Å². The number of methoxy groups -OCH3 is 1. The Hall–Kier alpha value is -0.910. The molecule has 0 aliphatic rings. The number of alkyl halides is 3. The van der Waals surface area contributed by atoms with Gasteiger partial charge in [-0.15, -0.1) is 0 Å². The molecule has 0 amide bonds. The van der Waals surface area contributed by atoms with Gasteiger partial charge in [-0.25, -0.2) is 13.8 Å². The summed E-state index contributed by atoms with van der Waals surface area (Å²) in [6.45, 7) is 0. The summed E-state index contributed by atoms with van der Waals surface area (Å²) in [5, 5.41) is 0.216. The van der Waals surface area contributed by atoms with E-state index in [1.54, 1.807) is 0 Å². The SMILES string of the molecule is COc1cc(N)c(C(F)F)c(CBr)n1. The lowest BCUT2D eigenvalue weighted by molar-refractivity contribution is 0.150.